The number of fused-ring (bicyclic) bond motifs is 2. The van der Waals surface area contributed by atoms with Gasteiger partial charge in [-0.1, -0.05) is 23.4 Å². The van der Waals surface area contributed by atoms with Gasteiger partial charge in [0.25, 0.3) is 0 Å². The Morgan fingerprint density at radius 2 is 1.71 bits per heavy atom. The second kappa shape index (κ2) is 13.0. The van der Waals surface area contributed by atoms with E-state index in [1.54, 1.807) is 13.0 Å². The number of anilines is 2. The van der Waals surface area contributed by atoms with E-state index in [1.165, 1.54) is 46.2 Å². The van der Waals surface area contributed by atoms with Crippen LogP contribution in [0.3, 0.4) is 0 Å². The minimum absolute atomic E-state index is 0. The molecule has 186 valence electrons. The van der Waals surface area contributed by atoms with Crippen molar-refractivity contribution in [3.8, 4) is 5.75 Å². The zero-order chi connectivity index (χ0) is 25.8. The maximum Gasteiger partial charge on any atom is 1.00 e. The number of halogens is 1. The van der Waals surface area contributed by atoms with Gasteiger partial charge in [-0.05, 0) is 36.1 Å². The topological polar surface area (TPSA) is 130 Å². The molecule has 4 rings (SSSR count). The van der Waals surface area contributed by atoms with Gasteiger partial charge in [-0.15, -0.1) is 37.7 Å². The molecule has 0 aliphatic carbocycles. The first-order chi connectivity index (χ1) is 15.9. The fourth-order valence-corrected chi connectivity index (χ4v) is 7.21. The number of hydrogen-bond donors (Lipinski definition) is 0. The second-order valence-electron chi connectivity index (χ2n) is 6.55. The van der Waals surface area contributed by atoms with Gasteiger partial charge in [0.1, 0.15) is 37.4 Å². The van der Waals surface area contributed by atoms with Crippen molar-refractivity contribution in [1.82, 2.24) is 0 Å². The standard InChI is InChI=1S/C16H15ClN2O7S4.2C2H4.Na/c1-9-6-27-16-15(9)19(8-30(23,24)25)14(28-16)5-13-18(7-29(20,21)22)11-4-10(17)2-3-12(11)26-13;2*1-2;/h2-6,14H,7-8H2,1H3,(H,20,21,22)(H,23,24,25);2*1-2H2;/q;;;+1/p-2. The minimum Gasteiger partial charge on any atom is -0.747 e. The Hall–Kier alpha value is -1.00. The normalized spacial score (nSPS) is 17.3. The number of thioether (sulfide) groups is 1. The molecule has 0 bridgehead atoms. The summed E-state index contributed by atoms with van der Waals surface area (Å²) in [5, 5.41) is 1.51. The van der Waals surface area contributed by atoms with Crippen LogP contribution in [0.15, 0.2) is 66.1 Å². The van der Waals surface area contributed by atoms with Crippen molar-refractivity contribution >= 4 is 66.3 Å². The minimum atomic E-state index is -4.67. The van der Waals surface area contributed by atoms with Crippen LogP contribution in [0.4, 0.5) is 11.4 Å². The Balaban J connectivity index is 0.00000117. The Morgan fingerprint density at radius 1 is 1.11 bits per heavy atom. The molecule has 0 fully saturated rings. The summed E-state index contributed by atoms with van der Waals surface area (Å²) < 4.78 is 75.3. The first-order valence-corrected chi connectivity index (χ1v) is 14.6. The number of nitrogens with zero attached hydrogens (tertiary/aromatic N) is 2. The van der Waals surface area contributed by atoms with Crippen LogP contribution in [0, 0.1) is 6.92 Å². The molecular weight excluding hydrogens is 567 g/mol. The summed E-state index contributed by atoms with van der Waals surface area (Å²) in [4.78, 5) is 2.58. The molecule has 0 amide bonds. The molecule has 0 spiro atoms. The molecule has 1 atom stereocenters. The average Bonchev–Trinajstić information content (AvgIpc) is 3.38. The van der Waals surface area contributed by atoms with Crippen LogP contribution in [0.5, 0.6) is 5.75 Å². The van der Waals surface area contributed by atoms with Crippen LogP contribution in [-0.2, 0) is 20.2 Å². The molecule has 35 heavy (non-hydrogen) atoms. The van der Waals surface area contributed by atoms with Crippen molar-refractivity contribution in [3.63, 3.8) is 0 Å². The van der Waals surface area contributed by atoms with Crippen molar-refractivity contribution in [2.75, 3.05) is 21.6 Å². The molecular formula is C20H21ClN2NaO7S4-. The predicted octanol–water partition coefficient (Wildman–Crippen LogP) is 1.30. The molecule has 1 aromatic heterocycles. The smallest absolute Gasteiger partial charge is 0.747 e. The van der Waals surface area contributed by atoms with E-state index in [9.17, 15) is 25.9 Å². The SMILES string of the molecule is C=C.C=C.Cc1csc2c1N(CS(=O)(=O)[O-])C(C=C1Oc3ccc(Cl)cc3N1CS(=O)(=O)[O-])S2.[Na+]. The summed E-state index contributed by atoms with van der Waals surface area (Å²) in [5.41, 5.74) is 1.74. The van der Waals surface area contributed by atoms with Gasteiger partial charge in [-0.3, -0.25) is 4.90 Å². The number of ether oxygens (including phenoxy) is 1. The maximum atomic E-state index is 11.5. The van der Waals surface area contributed by atoms with E-state index in [1.807, 2.05) is 5.38 Å². The monoisotopic (exact) mass is 587 g/mol. The Bertz CT molecular complexity index is 1300. The summed E-state index contributed by atoms with van der Waals surface area (Å²) in [6.45, 7) is 13.8. The average molecular weight is 588 g/mol. The second-order valence-corrected chi connectivity index (χ2v) is 12.0. The fourth-order valence-electron chi connectivity index (χ4n) is 3.19. The van der Waals surface area contributed by atoms with Crippen LogP contribution in [-0.4, -0.2) is 43.1 Å². The molecule has 1 aromatic carbocycles. The molecule has 2 aliphatic heterocycles. The summed E-state index contributed by atoms with van der Waals surface area (Å²) in [7, 11) is -9.27. The van der Waals surface area contributed by atoms with Crippen LogP contribution < -0.4 is 44.1 Å². The van der Waals surface area contributed by atoms with Crippen molar-refractivity contribution in [1.29, 1.82) is 0 Å². The number of thiophene rings is 1. The third-order valence-electron chi connectivity index (χ3n) is 4.29. The molecule has 3 heterocycles. The molecule has 0 radical (unpaired) electrons. The summed E-state index contributed by atoms with van der Waals surface area (Å²) in [6.07, 6.45) is 1.49. The van der Waals surface area contributed by atoms with Gasteiger partial charge in [-0.25, -0.2) is 16.8 Å². The Kier molecular flexibility index (Phi) is 11.9. The zero-order valence-electron chi connectivity index (χ0n) is 19.0. The van der Waals surface area contributed by atoms with Crippen LogP contribution in [0.25, 0.3) is 0 Å². The van der Waals surface area contributed by atoms with Gasteiger partial charge >= 0.3 is 29.6 Å². The number of rotatable bonds is 5. The number of hydrogen-bond acceptors (Lipinski definition) is 11. The van der Waals surface area contributed by atoms with Crippen molar-refractivity contribution in [2.45, 2.75) is 16.5 Å². The quantitative estimate of drug-likeness (QED) is 0.287. The molecule has 2 aromatic rings. The number of aryl methyl sites for hydroxylation is 1. The molecule has 15 heteroatoms. The fraction of sp³-hybridized carbons (Fsp3) is 0.200. The summed E-state index contributed by atoms with van der Waals surface area (Å²) in [5.74, 6) is -1.33. The molecule has 0 saturated heterocycles. The van der Waals surface area contributed by atoms with E-state index < -0.39 is 37.4 Å². The molecule has 9 nitrogen and oxygen atoms in total. The molecule has 1 unspecified atom stereocenters. The van der Waals surface area contributed by atoms with E-state index in [0.717, 1.165) is 14.7 Å². The van der Waals surface area contributed by atoms with Crippen molar-refractivity contribution in [3.05, 3.63) is 72.4 Å². The summed E-state index contributed by atoms with van der Waals surface area (Å²) in [6, 6.07) is 4.55. The number of benzene rings is 1. The van der Waals surface area contributed by atoms with E-state index >= 15 is 0 Å². The molecule has 2 aliphatic rings. The first-order valence-electron chi connectivity index (χ1n) is 9.26. The third kappa shape index (κ3) is 7.99. The Morgan fingerprint density at radius 3 is 2.29 bits per heavy atom. The van der Waals surface area contributed by atoms with Gasteiger partial charge in [-0.2, -0.15) is 0 Å². The van der Waals surface area contributed by atoms with Crippen LogP contribution in [0.1, 0.15) is 5.56 Å². The third-order valence-corrected chi connectivity index (χ3v) is 8.19. The molecule has 0 N–H and O–H groups in total. The maximum absolute atomic E-state index is 11.5. The predicted molar refractivity (Wildman–Crippen MR) is 135 cm³/mol. The van der Waals surface area contributed by atoms with Crippen molar-refractivity contribution < 1.29 is 60.2 Å². The van der Waals surface area contributed by atoms with Gasteiger partial charge in [0.2, 0.25) is 0 Å². The van der Waals surface area contributed by atoms with E-state index in [4.69, 9.17) is 16.3 Å². The largest absolute Gasteiger partial charge is 1.00 e. The van der Waals surface area contributed by atoms with Crippen LogP contribution in [0.2, 0.25) is 5.02 Å². The van der Waals surface area contributed by atoms with E-state index in [2.05, 4.69) is 26.3 Å². The summed E-state index contributed by atoms with van der Waals surface area (Å²) >= 11 is 8.70. The van der Waals surface area contributed by atoms with Gasteiger partial charge in [0, 0.05) is 11.1 Å². The molecule has 0 saturated carbocycles. The van der Waals surface area contributed by atoms with E-state index in [-0.39, 0.29) is 35.4 Å². The van der Waals surface area contributed by atoms with Gasteiger partial charge < -0.3 is 18.7 Å². The zero-order valence-corrected chi connectivity index (χ0v) is 25.0. The van der Waals surface area contributed by atoms with Gasteiger partial charge in [0.05, 0.1) is 15.6 Å². The van der Waals surface area contributed by atoms with Crippen molar-refractivity contribution in [2.24, 2.45) is 0 Å². The first kappa shape index (κ1) is 32.0. The van der Waals surface area contributed by atoms with Crippen LogP contribution >= 0.6 is 34.7 Å². The Labute approximate surface area is 240 Å². The van der Waals surface area contributed by atoms with E-state index in [0.29, 0.717) is 22.1 Å². The van der Waals surface area contributed by atoms with Gasteiger partial charge in [0.15, 0.2) is 11.6 Å².